The predicted octanol–water partition coefficient (Wildman–Crippen LogP) is 2.26. The quantitative estimate of drug-likeness (QED) is 0.806. The Morgan fingerprint density at radius 1 is 1.44 bits per heavy atom. The number of aromatic nitrogens is 2. The summed E-state index contributed by atoms with van der Waals surface area (Å²) >= 11 is 0. The molecular weight excluding hydrogens is 230 g/mol. The molecule has 1 heterocycles. The van der Waals surface area contributed by atoms with E-state index in [9.17, 15) is 0 Å². The summed E-state index contributed by atoms with van der Waals surface area (Å²) in [4.78, 5) is 4.48. The van der Waals surface area contributed by atoms with E-state index in [1.807, 2.05) is 0 Å². The molecule has 0 saturated heterocycles. The highest BCUT2D eigenvalue weighted by molar-refractivity contribution is 5.01. The maximum Gasteiger partial charge on any atom is 0.231 e. The van der Waals surface area contributed by atoms with Crippen molar-refractivity contribution < 1.29 is 9.26 Å². The molecule has 1 aromatic heterocycles. The van der Waals surface area contributed by atoms with Crippen molar-refractivity contribution in [2.75, 3.05) is 13.7 Å². The van der Waals surface area contributed by atoms with Crippen molar-refractivity contribution in [2.45, 2.75) is 45.1 Å². The Balaban J connectivity index is 2.07. The highest BCUT2D eigenvalue weighted by Crippen LogP contribution is 2.42. The van der Waals surface area contributed by atoms with Gasteiger partial charge in [0.25, 0.3) is 0 Å². The van der Waals surface area contributed by atoms with Gasteiger partial charge in [-0.1, -0.05) is 19.0 Å². The Morgan fingerprint density at radius 3 is 2.67 bits per heavy atom. The van der Waals surface area contributed by atoms with Gasteiger partial charge in [-0.25, -0.2) is 0 Å². The topological polar surface area (TPSA) is 74.2 Å². The predicted molar refractivity (Wildman–Crippen MR) is 68.0 cm³/mol. The van der Waals surface area contributed by atoms with Crippen LogP contribution in [0.25, 0.3) is 0 Å². The Kier molecular flexibility index (Phi) is 4.35. The second-order valence-corrected chi connectivity index (χ2v) is 5.55. The third kappa shape index (κ3) is 3.09. The van der Waals surface area contributed by atoms with E-state index in [2.05, 4.69) is 24.0 Å². The monoisotopic (exact) mass is 253 g/mol. The zero-order valence-electron chi connectivity index (χ0n) is 11.4. The van der Waals surface area contributed by atoms with Crippen molar-refractivity contribution in [1.82, 2.24) is 10.1 Å². The van der Waals surface area contributed by atoms with Crippen LogP contribution in [0.2, 0.25) is 0 Å². The molecule has 2 unspecified atom stereocenters. The normalized spacial score (nSPS) is 19.2. The van der Waals surface area contributed by atoms with E-state index in [1.165, 1.54) is 12.8 Å². The maximum atomic E-state index is 5.78. The molecule has 0 bridgehead atoms. The van der Waals surface area contributed by atoms with Crippen LogP contribution in [0.5, 0.6) is 0 Å². The number of nitrogens with two attached hydrogens (primary N) is 1. The summed E-state index contributed by atoms with van der Waals surface area (Å²) in [6.45, 7) is 4.88. The van der Waals surface area contributed by atoms with Crippen molar-refractivity contribution in [2.24, 2.45) is 17.6 Å². The molecule has 1 fully saturated rings. The van der Waals surface area contributed by atoms with E-state index >= 15 is 0 Å². The third-order valence-corrected chi connectivity index (χ3v) is 3.41. The summed E-state index contributed by atoms with van der Waals surface area (Å²) in [7, 11) is 1.70. The Hall–Kier alpha value is -0.940. The van der Waals surface area contributed by atoms with Gasteiger partial charge in [0.15, 0.2) is 0 Å². The summed E-state index contributed by atoms with van der Waals surface area (Å²) in [5, 5.41) is 4.06. The third-order valence-electron chi connectivity index (χ3n) is 3.41. The summed E-state index contributed by atoms with van der Waals surface area (Å²) < 4.78 is 10.8. The van der Waals surface area contributed by atoms with Gasteiger partial charge in [0.05, 0.1) is 5.92 Å². The molecule has 2 rings (SSSR count). The van der Waals surface area contributed by atoms with Gasteiger partial charge >= 0.3 is 0 Å². The minimum Gasteiger partial charge on any atom is -0.373 e. The van der Waals surface area contributed by atoms with E-state index in [-0.39, 0.29) is 12.0 Å². The smallest absolute Gasteiger partial charge is 0.231 e. The van der Waals surface area contributed by atoms with Crippen LogP contribution in [-0.2, 0) is 4.74 Å². The average molecular weight is 253 g/mol. The first-order valence-corrected chi connectivity index (χ1v) is 6.72. The van der Waals surface area contributed by atoms with Gasteiger partial charge in [0.2, 0.25) is 11.7 Å². The second kappa shape index (κ2) is 5.80. The van der Waals surface area contributed by atoms with E-state index in [0.29, 0.717) is 30.1 Å². The lowest BCUT2D eigenvalue weighted by molar-refractivity contribution is 0.0751. The van der Waals surface area contributed by atoms with Crippen LogP contribution in [0, 0.1) is 11.8 Å². The molecule has 1 aliphatic rings. The molecular formula is C13H23N3O2. The molecule has 2 N–H and O–H groups in total. The SMILES string of the molecule is COC(c1noc(C(CN)CC(C)C)n1)C1CC1. The molecule has 18 heavy (non-hydrogen) atoms. The molecule has 5 nitrogen and oxygen atoms in total. The van der Waals surface area contributed by atoms with Crippen molar-refractivity contribution in [3.05, 3.63) is 11.7 Å². The second-order valence-electron chi connectivity index (χ2n) is 5.55. The Bertz CT molecular complexity index is 374. The van der Waals surface area contributed by atoms with Crippen LogP contribution in [0.15, 0.2) is 4.52 Å². The molecule has 0 aromatic carbocycles. The van der Waals surface area contributed by atoms with Crippen molar-refractivity contribution in [3.63, 3.8) is 0 Å². The van der Waals surface area contributed by atoms with Crippen LogP contribution in [-0.4, -0.2) is 23.8 Å². The zero-order chi connectivity index (χ0) is 13.1. The van der Waals surface area contributed by atoms with Crippen molar-refractivity contribution in [3.8, 4) is 0 Å². The molecule has 1 saturated carbocycles. The van der Waals surface area contributed by atoms with E-state index in [0.717, 1.165) is 6.42 Å². The molecule has 102 valence electrons. The van der Waals surface area contributed by atoms with Crippen molar-refractivity contribution in [1.29, 1.82) is 0 Å². The lowest BCUT2D eigenvalue weighted by Crippen LogP contribution is -2.15. The van der Waals surface area contributed by atoms with Crippen LogP contribution in [0.4, 0.5) is 0 Å². The highest BCUT2D eigenvalue weighted by atomic mass is 16.5. The number of hydrogen-bond donors (Lipinski definition) is 1. The van der Waals surface area contributed by atoms with Gasteiger partial charge in [-0.15, -0.1) is 0 Å². The number of rotatable bonds is 7. The number of hydrogen-bond acceptors (Lipinski definition) is 5. The Morgan fingerprint density at radius 2 is 2.17 bits per heavy atom. The first-order valence-electron chi connectivity index (χ1n) is 6.72. The minimum atomic E-state index is -0.0139. The number of nitrogens with zero attached hydrogens (tertiary/aromatic N) is 2. The van der Waals surface area contributed by atoms with Gasteiger partial charge in [0.1, 0.15) is 6.10 Å². The molecule has 0 spiro atoms. The molecule has 2 atom stereocenters. The van der Waals surface area contributed by atoms with Crippen molar-refractivity contribution >= 4 is 0 Å². The number of methoxy groups -OCH3 is 1. The standard InChI is InChI=1S/C13H23N3O2/c1-8(2)6-10(7-14)13-15-12(16-18-13)11(17-3)9-4-5-9/h8-11H,4-7,14H2,1-3H3. The van der Waals surface area contributed by atoms with Gasteiger partial charge in [-0.05, 0) is 31.1 Å². The lowest BCUT2D eigenvalue weighted by atomic mass is 9.97. The van der Waals surface area contributed by atoms with Gasteiger partial charge in [0, 0.05) is 13.7 Å². The van der Waals surface area contributed by atoms with Gasteiger partial charge in [-0.2, -0.15) is 4.98 Å². The zero-order valence-corrected chi connectivity index (χ0v) is 11.4. The van der Waals surface area contributed by atoms with Crippen LogP contribution in [0.3, 0.4) is 0 Å². The summed E-state index contributed by atoms with van der Waals surface area (Å²) in [6, 6.07) is 0. The first-order chi connectivity index (χ1) is 8.65. The van der Waals surface area contributed by atoms with E-state index in [1.54, 1.807) is 7.11 Å². The molecule has 5 heteroatoms. The fraction of sp³-hybridized carbons (Fsp3) is 0.846. The first kappa shape index (κ1) is 13.5. The highest BCUT2D eigenvalue weighted by Gasteiger charge is 2.36. The number of ether oxygens (including phenoxy) is 1. The largest absolute Gasteiger partial charge is 0.373 e. The summed E-state index contributed by atoms with van der Waals surface area (Å²) in [6.07, 6.45) is 3.34. The molecule has 0 radical (unpaired) electrons. The van der Waals surface area contributed by atoms with Crippen LogP contribution < -0.4 is 5.73 Å². The molecule has 0 amide bonds. The summed E-state index contributed by atoms with van der Waals surface area (Å²) in [5.41, 5.74) is 5.78. The van der Waals surface area contributed by atoms with E-state index < -0.39 is 0 Å². The van der Waals surface area contributed by atoms with Crippen LogP contribution in [0.1, 0.15) is 56.8 Å². The fourth-order valence-electron chi connectivity index (χ4n) is 2.30. The molecule has 1 aromatic rings. The minimum absolute atomic E-state index is 0.0139. The van der Waals surface area contributed by atoms with Gasteiger partial charge < -0.3 is 15.0 Å². The molecule has 1 aliphatic carbocycles. The molecule has 0 aliphatic heterocycles. The summed E-state index contributed by atoms with van der Waals surface area (Å²) in [5.74, 6) is 2.61. The van der Waals surface area contributed by atoms with Gasteiger partial charge in [-0.3, -0.25) is 0 Å². The maximum absolute atomic E-state index is 5.78. The van der Waals surface area contributed by atoms with E-state index in [4.69, 9.17) is 15.0 Å². The van der Waals surface area contributed by atoms with Crippen LogP contribution >= 0.6 is 0 Å². The lowest BCUT2D eigenvalue weighted by Gasteiger charge is -2.12. The fourth-order valence-corrected chi connectivity index (χ4v) is 2.30. The average Bonchev–Trinajstić information content (AvgIpc) is 3.05. The Labute approximate surface area is 108 Å².